The number of fused-ring (bicyclic) bond motifs is 1. The van der Waals surface area contributed by atoms with Gasteiger partial charge < -0.3 is 19.4 Å². The molecule has 1 aromatic heterocycles. The number of hydrogen-bond donors (Lipinski definition) is 1. The fraction of sp³-hybridized carbons (Fsp3) is 0.500. The summed E-state index contributed by atoms with van der Waals surface area (Å²) in [7, 11) is 1.70. The number of amides is 1. The second-order valence-corrected chi connectivity index (χ2v) is 5.99. The van der Waals surface area contributed by atoms with E-state index in [0.717, 1.165) is 50.3 Å². The van der Waals surface area contributed by atoms with Gasteiger partial charge in [0.25, 0.3) is 5.91 Å². The third-order valence-corrected chi connectivity index (χ3v) is 4.39. The fourth-order valence-electron chi connectivity index (χ4n) is 2.98. The molecule has 0 unspecified atom stereocenters. The lowest BCUT2D eigenvalue weighted by molar-refractivity contribution is 0.0383. The van der Waals surface area contributed by atoms with Crippen LogP contribution in [0.25, 0.3) is 10.9 Å². The second kappa shape index (κ2) is 8.28. The minimum atomic E-state index is -0.0187. The van der Waals surface area contributed by atoms with Crippen LogP contribution >= 0.6 is 0 Å². The summed E-state index contributed by atoms with van der Waals surface area (Å²) in [6.45, 7) is 6.46. The van der Waals surface area contributed by atoms with Crippen molar-refractivity contribution < 1.29 is 14.3 Å². The maximum Gasteiger partial charge on any atom is 0.251 e. The number of benzene rings is 1. The van der Waals surface area contributed by atoms with Gasteiger partial charge in [-0.25, -0.2) is 0 Å². The zero-order valence-corrected chi connectivity index (χ0v) is 14.2. The lowest BCUT2D eigenvalue weighted by Crippen LogP contribution is -2.41. The number of rotatable bonds is 7. The molecule has 1 N–H and O–H groups in total. The summed E-state index contributed by atoms with van der Waals surface area (Å²) < 4.78 is 12.6. The zero-order valence-electron chi connectivity index (χ0n) is 14.2. The normalized spacial score (nSPS) is 15.7. The van der Waals surface area contributed by atoms with Gasteiger partial charge in [-0.2, -0.15) is 0 Å². The number of carbonyl (C=O) groups excluding carboxylic acids is 1. The molecule has 2 heterocycles. The van der Waals surface area contributed by atoms with E-state index in [4.69, 9.17) is 9.47 Å². The Morgan fingerprint density at radius 1 is 1.25 bits per heavy atom. The summed E-state index contributed by atoms with van der Waals surface area (Å²) in [6, 6.07) is 7.87. The van der Waals surface area contributed by atoms with Crippen LogP contribution in [0.3, 0.4) is 0 Å². The minimum Gasteiger partial charge on any atom is -0.383 e. The first-order chi connectivity index (χ1) is 11.8. The minimum absolute atomic E-state index is 0.0187. The van der Waals surface area contributed by atoms with Crippen molar-refractivity contribution in [2.24, 2.45) is 0 Å². The molecule has 0 radical (unpaired) electrons. The Morgan fingerprint density at radius 3 is 2.88 bits per heavy atom. The molecule has 1 aliphatic rings. The molecule has 6 heteroatoms. The summed E-state index contributed by atoms with van der Waals surface area (Å²) in [5.74, 6) is -0.0187. The van der Waals surface area contributed by atoms with Crippen molar-refractivity contribution in [1.29, 1.82) is 0 Å². The summed E-state index contributed by atoms with van der Waals surface area (Å²) in [5.41, 5.74) is 1.82. The Morgan fingerprint density at radius 2 is 2.08 bits per heavy atom. The van der Waals surface area contributed by atoms with E-state index in [-0.39, 0.29) is 5.91 Å². The van der Waals surface area contributed by atoms with E-state index in [1.807, 2.05) is 30.5 Å². The number of hydrogen-bond acceptors (Lipinski definition) is 4. The lowest BCUT2D eigenvalue weighted by Gasteiger charge is -2.26. The molecule has 0 bridgehead atoms. The average Bonchev–Trinajstić information content (AvgIpc) is 3.03. The van der Waals surface area contributed by atoms with Crippen LogP contribution in [-0.4, -0.2) is 68.5 Å². The predicted octanol–water partition coefficient (Wildman–Crippen LogP) is 1.35. The monoisotopic (exact) mass is 331 g/mol. The SMILES string of the molecule is COCCn1ccc2cc(C(=O)NCCN3CCOCC3)ccc21. The van der Waals surface area contributed by atoms with Crippen LogP contribution in [0.4, 0.5) is 0 Å². The highest BCUT2D eigenvalue weighted by Crippen LogP contribution is 2.17. The van der Waals surface area contributed by atoms with Crippen LogP contribution in [0.15, 0.2) is 30.5 Å². The smallest absolute Gasteiger partial charge is 0.251 e. The molecule has 2 aromatic rings. The van der Waals surface area contributed by atoms with Gasteiger partial charge in [-0.15, -0.1) is 0 Å². The van der Waals surface area contributed by atoms with Crippen molar-refractivity contribution >= 4 is 16.8 Å². The molecule has 1 saturated heterocycles. The molecular weight excluding hydrogens is 306 g/mol. The van der Waals surface area contributed by atoms with Gasteiger partial charge in [0.05, 0.1) is 19.8 Å². The largest absolute Gasteiger partial charge is 0.383 e. The number of carbonyl (C=O) groups is 1. The number of morpholine rings is 1. The van der Waals surface area contributed by atoms with E-state index in [1.54, 1.807) is 7.11 Å². The second-order valence-electron chi connectivity index (χ2n) is 5.99. The van der Waals surface area contributed by atoms with Crippen LogP contribution in [0, 0.1) is 0 Å². The van der Waals surface area contributed by atoms with Crippen molar-refractivity contribution in [2.45, 2.75) is 6.54 Å². The number of nitrogens with one attached hydrogen (secondary N) is 1. The van der Waals surface area contributed by atoms with Gasteiger partial charge in [0, 0.05) is 62.5 Å². The summed E-state index contributed by atoms with van der Waals surface area (Å²) in [4.78, 5) is 14.6. The molecule has 130 valence electrons. The molecule has 0 aliphatic carbocycles. The maximum atomic E-state index is 12.3. The Balaban J connectivity index is 1.56. The van der Waals surface area contributed by atoms with Crippen molar-refractivity contribution in [2.75, 3.05) is 53.1 Å². The van der Waals surface area contributed by atoms with E-state index in [2.05, 4.69) is 14.8 Å². The van der Waals surface area contributed by atoms with Gasteiger partial charge in [0.1, 0.15) is 0 Å². The van der Waals surface area contributed by atoms with Gasteiger partial charge >= 0.3 is 0 Å². The Kier molecular flexibility index (Phi) is 5.85. The molecule has 24 heavy (non-hydrogen) atoms. The molecular formula is C18H25N3O3. The van der Waals surface area contributed by atoms with Gasteiger partial charge in [-0.3, -0.25) is 9.69 Å². The van der Waals surface area contributed by atoms with Crippen molar-refractivity contribution in [1.82, 2.24) is 14.8 Å². The average molecular weight is 331 g/mol. The van der Waals surface area contributed by atoms with Crippen LogP contribution in [0.2, 0.25) is 0 Å². The predicted molar refractivity (Wildman–Crippen MR) is 93.4 cm³/mol. The summed E-state index contributed by atoms with van der Waals surface area (Å²) in [5, 5.41) is 4.08. The highest BCUT2D eigenvalue weighted by molar-refractivity contribution is 5.98. The van der Waals surface area contributed by atoms with Crippen LogP contribution in [0.1, 0.15) is 10.4 Å². The first-order valence-electron chi connectivity index (χ1n) is 8.44. The Hall–Kier alpha value is -1.89. The summed E-state index contributed by atoms with van der Waals surface area (Å²) in [6.07, 6.45) is 2.03. The van der Waals surface area contributed by atoms with Gasteiger partial charge in [-0.1, -0.05) is 0 Å². The molecule has 3 rings (SSSR count). The molecule has 1 aliphatic heterocycles. The molecule has 1 aromatic carbocycles. The number of nitrogens with zero attached hydrogens (tertiary/aromatic N) is 2. The van der Waals surface area contributed by atoms with Crippen LogP contribution < -0.4 is 5.32 Å². The topological polar surface area (TPSA) is 55.7 Å². The van der Waals surface area contributed by atoms with Crippen molar-refractivity contribution in [3.63, 3.8) is 0 Å². The summed E-state index contributed by atoms with van der Waals surface area (Å²) >= 11 is 0. The molecule has 6 nitrogen and oxygen atoms in total. The molecule has 0 atom stereocenters. The molecule has 0 saturated carbocycles. The van der Waals surface area contributed by atoms with Gasteiger partial charge in [0.2, 0.25) is 0 Å². The number of aromatic nitrogens is 1. The van der Waals surface area contributed by atoms with E-state index in [0.29, 0.717) is 18.7 Å². The van der Waals surface area contributed by atoms with Crippen LogP contribution in [-0.2, 0) is 16.0 Å². The standard InChI is InChI=1S/C18H25N3O3/c1-23-11-10-21-6-4-15-14-16(2-3-17(15)21)18(22)19-5-7-20-8-12-24-13-9-20/h2-4,6,14H,5,7-13H2,1H3,(H,19,22). The van der Waals surface area contributed by atoms with E-state index < -0.39 is 0 Å². The van der Waals surface area contributed by atoms with E-state index >= 15 is 0 Å². The molecule has 1 fully saturated rings. The quantitative estimate of drug-likeness (QED) is 0.832. The van der Waals surface area contributed by atoms with E-state index in [9.17, 15) is 4.79 Å². The Bertz CT molecular complexity index is 677. The number of methoxy groups -OCH3 is 1. The molecule has 0 spiro atoms. The van der Waals surface area contributed by atoms with Gasteiger partial charge in [0.15, 0.2) is 0 Å². The molecule has 1 amide bonds. The van der Waals surface area contributed by atoms with Crippen molar-refractivity contribution in [3.8, 4) is 0 Å². The first-order valence-corrected chi connectivity index (χ1v) is 8.44. The van der Waals surface area contributed by atoms with E-state index in [1.165, 1.54) is 0 Å². The lowest BCUT2D eigenvalue weighted by atomic mass is 10.1. The van der Waals surface area contributed by atoms with Crippen LogP contribution in [0.5, 0.6) is 0 Å². The van der Waals surface area contributed by atoms with Gasteiger partial charge in [-0.05, 0) is 24.3 Å². The first kappa shape index (κ1) is 17.0. The highest BCUT2D eigenvalue weighted by atomic mass is 16.5. The maximum absolute atomic E-state index is 12.3. The van der Waals surface area contributed by atoms with Crippen molar-refractivity contribution in [3.05, 3.63) is 36.0 Å². The fourth-order valence-corrected chi connectivity index (χ4v) is 2.98. The highest BCUT2D eigenvalue weighted by Gasteiger charge is 2.11. The zero-order chi connectivity index (χ0) is 16.8. The third-order valence-electron chi connectivity index (χ3n) is 4.39. The number of ether oxygens (including phenoxy) is 2. The third kappa shape index (κ3) is 4.14. The Labute approximate surface area is 142 Å².